The number of aliphatic hydroxyl groups is 1. The molecule has 9 heteroatoms. The van der Waals surface area contributed by atoms with Crippen molar-refractivity contribution >= 4 is 23.7 Å². The summed E-state index contributed by atoms with van der Waals surface area (Å²) in [5.74, 6) is -0.704. The highest BCUT2D eigenvalue weighted by molar-refractivity contribution is 5.96. The van der Waals surface area contributed by atoms with Crippen molar-refractivity contribution in [2.75, 3.05) is 18.4 Å². The number of carbonyl (C=O) groups is 3. The lowest BCUT2D eigenvalue weighted by Crippen LogP contribution is -2.48. The quantitative estimate of drug-likeness (QED) is 0.268. The monoisotopic (exact) mass is 502 g/mol. The van der Waals surface area contributed by atoms with Crippen LogP contribution in [0, 0.1) is 0 Å². The SMILES string of the molecule is NC(=O)NCCC[C@@H](C(=O)Nc1ccc(CO)cc1)N(CC1c2ccccc2-c2ccccc21)C(=O)O. The number of benzene rings is 3. The normalized spacial score (nSPS) is 12.8. The smallest absolute Gasteiger partial charge is 0.408 e. The summed E-state index contributed by atoms with van der Waals surface area (Å²) < 4.78 is 0. The van der Waals surface area contributed by atoms with Crippen molar-refractivity contribution in [3.05, 3.63) is 89.5 Å². The van der Waals surface area contributed by atoms with Gasteiger partial charge in [0.1, 0.15) is 6.04 Å². The van der Waals surface area contributed by atoms with Crippen LogP contribution in [0.4, 0.5) is 15.3 Å². The van der Waals surface area contributed by atoms with Gasteiger partial charge in [-0.3, -0.25) is 9.69 Å². The maximum absolute atomic E-state index is 13.4. The molecule has 192 valence electrons. The Labute approximate surface area is 214 Å². The topological polar surface area (TPSA) is 145 Å². The second kappa shape index (κ2) is 11.6. The predicted octanol–water partition coefficient (Wildman–Crippen LogP) is 3.73. The van der Waals surface area contributed by atoms with E-state index in [1.165, 1.54) is 4.90 Å². The van der Waals surface area contributed by atoms with Crippen molar-refractivity contribution < 1.29 is 24.6 Å². The Bertz CT molecular complexity index is 1230. The summed E-state index contributed by atoms with van der Waals surface area (Å²) in [5.41, 5.74) is 10.5. The van der Waals surface area contributed by atoms with Gasteiger partial charge >= 0.3 is 12.1 Å². The van der Waals surface area contributed by atoms with E-state index in [0.717, 1.165) is 22.3 Å². The first-order chi connectivity index (χ1) is 17.9. The molecular formula is C28H30N4O5. The zero-order valence-electron chi connectivity index (χ0n) is 20.3. The molecule has 37 heavy (non-hydrogen) atoms. The van der Waals surface area contributed by atoms with Gasteiger partial charge in [-0.05, 0) is 52.8 Å². The largest absolute Gasteiger partial charge is 0.465 e. The molecule has 0 aliphatic heterocycles. The highest BCUT2D eigenvalue weighted by Gasteiger charge is 2.36. The summed E-state index contributed by atoms with van der Waals surface area (Å²) in [6, 6.07) is 20.8. The number of nitrogens with zero attached hydrogens (tertiary/aromatic N) is 1. The van der Waals surface area contributed by atoms with Gasteiger partial charge in [-0.15, -0.1) is 0 Å². The number of carbonyl (C=O) groups excluding carboxylic acids is 2. The molecule has 3 aromatic rings. The van der Waals surface area contributed by atoms with E-state index in [0.29, 0.717) is 17.7 Å². The summed E-state index contributed by atoms with van der Waals surface area (Å²) in [6.45, 7) is 0.182. The van der Waals surface area contributed by atoms with E-state index in [9.17, 15) is 24.6 Å². The number of amides is 4. The first kappa shape index (κ1) is 25.7. The molecule has 4 rings (SSSR count). The van der Waals surface area contributed by atoms with Crippen LogP contribution in [-0.4, -0.2) is 52.3 Å². The molecular weight excluding hydrogens is 472 g/mol. The van der Waals surface area contributed by atoms with E-state index in [1.807, 2.05) is 48.5 Å². The molecule has 4 amide bonds. The second-order valence-corrected chi connectivity index (χ2v) is 8.96. The number of carboxylic acid groups (broad SMARTS) is 1. The predicted molar refractivity (Wildman–Crippen MR) is 140 cm³/mol. The van der Waals surface area contributed by atoms with Gasteiger partial charge in [-0.2, -0.15) is 0 Å². The molecule has 0 spiro atoms. The Morgan fingerprint density at radius 2 is 1.51 bits per heavy atom. The van der Waals surface area contributed by atoms with Crippen LogP contribution in [0.5, 0.6) is 0 Å². The van der Waals surface area contributed by atoms with Crippen molar-refractivity contribution in [2.45, 2.75) is 31.4 Å². The number of fused-ring (bicyclic) bond motifs is 3. The lowest BCUT2D eigenvalue weighted by molar-refractivity contribution is -0.121. The molecule has 0 aromatic heterocycles. The van der Waals surface area contributed by atoms with E-state index < -0.39 is 24.1 Å². The van der Waals surface area contributed by atoms with Crippen molar-refractivity contribution in [3.8, 4) is 11.1 Å². The summed E-state index contributed by atoms with van der Waals surface area (Å²) in [7, 11) is 0. The molecule has 1 aliphatic rings. The first-order valence-electron chi connectivity index (χ1n) is 12.1. The third kappa shape index (κ3) is 5.90. The van der Waals surface area contributed by atoms with Gasteiger partial charge in [-0.25, -0.2) is 9.59 Å². The van der Waals surface area contributed by atoms with Gasteiger partial charge in [0.15, 0.2) is 0 Å². The van der Waals surface area contributed by atoms with Crippen LogP contribution in [0.15, 0.2) is 72.8 Å². The van der Waals surface area contributed by atoms with Crippen LogP contribution in [-0.2, 0) is 11.4 Å². The summed E-state index contributed by atoms with van der Waals surface area (Å²) in [6.07, 6.45) is -0.671. The average molecular weight is 503 g/mol. The number of rotatable bonds is 10. The molecule has 0 heterocycles. The molecule has 0 saturated heterocycles. The number of primary amides is 1. The van der Waals surface area contributed by atoms with E-state index in [1.54, 1.807) is 24.3 Å². The molecule has 0 bridgehead atoms. The van der Waals surface area contributed by atoms with Gasteiger partial charge in [0.05, 0.1) is 6.61 Å². The van der Waals surface area contributed by atoms with E-state index >= 15 is 0 Å². The molecule has 0 saturated carbocycles. The molecule has 0 unspecified atom stereocenters. The zero-order chi connectivity index (χ0) is 26.4. The summed E-state index contributed by atoms with van der Waals surface area (Å²) in [5, 5.41) is 24.8. The number of nitrogens with one attached hydrogen (secondary N) is 2. The van der Waals surface area contributed by atoms with Crippen LogP contribution in [0.25, 0.3) is 11.1 Å². The van der Waals surface area contributed by atoms with Gasteiger partial charge < -0.3 is 26.6 Å². The standard InChI is InChI=1S/C28H30N4O5/c29-27(35)30-15-5-10-25(26(34)31-19-13-11-18(17-33)12-14-19)32(28(36)37)16-24-22-8-3-1-6-20(22)21-7-2-4-9-23(21)24/h1-4,6-9,11-14,24-25,33H,5,10,15-17H2,(H,31,34)(H,36,37)(H3,29,30,35)/t25-/m0/s1. The van der Waals surface area contributed by atoms with E-state index in [4.69, 9.17) is 5.73 Å². The molecule has 0 radical (unpaired) electrons. The maximum atomic E-state index is 13.4. The number of hydrogen-bond donors (Lipinski definition) is 5. The van der Waals surface area contributed by atoms with Gasteiger partial charge in [0.2, 0.25) is 5.91 Å². The third-order valence-electron chi connectivity index (χ3n) is 6.62. The van der Waals surface area contributed by atoms with Gasteiger partial charge in [-0.1, -0.05) is 60.7 Å². The number of anilines is 1. The van der Waals surface area contributed by atoms with Crippen LogP contribution in [0.3, 0.4) is 0 Å². The lowest BCUT2D eigenvalue weighted by Gasteiger charge is -2.31. The molecule has 0 fully saturated rings. The van der Waals surface area contributed by atoms with Crippen molar-refractivity contribution in [1.82, 2.24) is 10.2 Å². The van der Waals surface area contributed by atoms with Crippen LogP contribution in [0.1, 0.15) is 35.4 Å². The highest BCUT2D eigenvalue weighted by Crippen LogP contribution is 2.45. The lowest BCUT2D eigenvalue weighted by atomic mass is 9.95. The van der Waals surface area contributed by atoms with Crippen molar-refractivity contribution in [3.63, 3.8) is 0 Å². The highest BCUT2D eigenvalue weighted by atomic mass is 16.4. The summed E-state index contributed by atoms with van der Waals surface area (Å²) >= 11 is 0. The fourth-order valence-electron chi connectivity index (χ4n) is 4.85. The fourth-order valence-corrected chi connectivity index (χ4v) is 4.85. The van der Waals surface area contributed by atoms with E-state index in [-0.39, 0.29) is 32.0 Å². The molecule has 3 aromatic carbocycles. The number of nitrogens with two attached hydrogens (primary N) is 1. The number of urea groups is 1. The van der Waals surface area contributed by atoms with Crippen LogP contribution in [0.2, 0.25) is 0 Å². The van der Waals surface area contributed by atoms with Crippen LogP contribution >= 0.6 is 0 Å². The fraction of sp³-hybridized carbons (Fsp3) is 0.250. The Hall–Kier alpha value is -4.37. The number of aliphatic hydroxyl groups excluding tert-OH is 1. The first-order valence-corrected chi connectivity index (χ1v) is 12.1. The minimum absolute atomic E-state index is 0.0914. The minimum atomic E-state index is -1.21. The van der Waals surface area contributed by atoms with E-state index in [2.05, 4.69) is 10.6 Å². The second-order valence-electron chi connectivity index (χ2n) is 8.96. The van der Waals surface area contributed by atoms with Gasteiger partial charge in [0.25, 0.3) is 0 Å². The van der Waals surface area contributed by atoms with Gasteiger partial charge in [0, 0.05) is 24.7 Å². The minimum Gasteiger partial charge on any atom is -0.465 e. The Balaban J connectivity index is 1.61. The maximum Gasteiger partial charge on any atom is 0.408 e. The summed E-state index contributed by atoms with van der Waals surface area (Å²) in [4.78, 5) is 38.3. The average Bonchev–Trinajstić information content (AvgIpc) is 3.21. The van der Waals surface area contributed by atoms with Crippen LogP contribution < -0.4 is 16.4 Å². The molecule has 6 N–H and O–H groups in total. The third-order valence-corrected chi connectivity index (χ3v) is 6.62. The Morgan fingerprint density at radius 3 is 2.05 bits per heavy atom. The zero-order valence-corrected chi connectivity index (χ0v) is 20.3. The Kier molecular flexibility index (Phi) is 8.05. The molecule has 1 atom stereocenters. The molecule has 1 aliphatic carbocycles. The molecule has 9 nitrogen and oxygen atoms in total. The van der Waals surface area contributed by atoms with Crippen molar-refractivity contribution in [1.29, 1.82) is 0 Å². The number of hydrogen-bond acceptors (Lipinski definition) is 4. The van der Waals surface area contributed by atoms with Crippen molar-refractivity contribution in [2.24, 2.45) is 5.73 Å². The Morgan fingerprint density at radius 1 is 0.919 bits per heavy atom.